The van der Waals surface area contributed by atoms with Crippen molar-refractivity contribution in [2.24, 2.45) is 0 Å². The highest BCUT2D eigenvalue weighted by molar-refractivity contribution is 7.98. The van der Waals surface area contributed by atoms with E-state index in [4.69, 9.17) is 4.98 Å². The molecular weight excluding hydrogens is 400 g/mol. The Hall–Kier alpha value is -2.38. The van der Waals surface area contributed by atoms with Gasteiger partial charge in [0.15, 0.2) is 10.1 Å². The topological polar surface area (TPSA) is 52.2 Å². The second-order valence-electron chi connectivity index (χ2n) is 7.54. The third-order valence-corrected chi connectivity index (χ3v) is 7.54. The zero-order valence-corrected chi connectivity index (χ0v) is 18.1. The Balaban J connectivity index is 1.44. The van der Waals surface area contributed by atoms with Gasteiger partial charge in [-0.25, -0.2) is 9.97 Å². The molecule has 0 bridgehead atoms. The van der Waals surface area contributed by atoms with Crippen LogP contribution in [-0.4, -0.2) is 18.9 Å². The minimum Gasteiger partial charge on any atom is -0.295 e. The highest BCUT2D eigenvalue weighted by Gasteiger charge is 2.18. The molecule has 7 heteroatoms. The van der Waals surface area contributed by atoms with E-state index in [-0.39, 0.29) is 5.56 Å². The van der Waals surface area contributed by atoms with Gasteiger partial charge in [0.25, 0.3) is 5.56 Å². The minimum absolute atomic E-state index is 0.0443. The molecular formula is C22H22N4OS2. The highest BCUT2D eigenvalue weighted by atomic mass is 32.2. The molecule has 0 saturated carbocycles. The number of hydrogen-bond acceptors (Lipinski definition) is 5. The molecule has 3 aromatic heterocycles. The summed E-state index contributed by atoms with van der Waals surface area (Å²) in [5, 5.41) is 0.908. The molecule has 1 aromatic carbocycles. The summed E-state index contributed by atoms with van der Waals surface area (Å²) in [5.74, 6) is 0.621. The van der Waals surface area contributed by atoms with Crippen molar-refractivity contribution in [3.63, 3.8) is 0 Å². The van der Waals surface area contributed by atoms with Crippen molar-refractivity contribution in [3.8, 4) is 5.69 Å². The molecule has 5 nitrogen and oxygen atoms in total. The van der Waals surface area contributed by atoms with Gasteiger partial charge in [0, 0.05) is 34.8 Å². The normalized spacial score (nSPS) is 13.7. The summed E-state index contributed by atoms with van der Waals surface area (Å²) in [6.07, 6.45) is 8.23. The lowest BCUT2D eigenvalue weighted by molar-refractivity contribution is 0.670. The molecule has 148 valence electrons. The number of thioether (sulfide) groups is 1. The summed E-state index contributed by atoms with van der Waals surface area (Å²) in [6.45, 7) is 4.21. The fourth-order valence-electron chi connectivity index (χ4n) is 3.91. The summed E-state index contributed by atoms with van der Waals surface area (Å²) in [5.41, 5.74) is 5.60. The first-order valence-electron chi connectivity index (χ1n) is 9.87. The van der Waals surface area contributed by atoms with Crippen molar-refractivity contribution in [1.29, 1.82) is 0 Å². The van der Waals surface area contributed by atoms with Crippen LogP contribution < -0.4 is 5.56 Å². The largest absolute Gasteiger partial charge is 0.295 e. The molecule has 0 N–H and O–H groups in total. The van der Waals surface area contributed by atoms with Crippen molar-refractivity contribution in [3.05, 3.63) is 74.4 Å². The fraction of sp³-hybridized carbons (Fsp3) is 0.318. The predicted molar refractivity (Wildman–Crippen MR) is 119 cm³/mol. The van der Waals surface area contributed by atoms with E-state index in [0.29, 0.717) is 5.75 Å². The molecule has 4 aromatic rings. The third-order valence-electron chi connectivity index (χ3n) is 5.39. The van der Waals surface area contributed by atoms with Gasteiger partial charge in [-0.1, -0.05) is 23.9 Å². The van der Waals surface area contributed by atoms with E-state index < -0.39 is 0 Å². The average molecular weight is 423 g/mol. The van der Waals surface area contributed by atoms with E-state index >= 15 is 0 Å². The molecule has 0 atom stereocenters. The Morgan fingerprint density at radius 3 is 2.93 bits per heavy atom. The molecule has 0 saturated heterocycles. The molecule has 29 heavy (non-hydrogen) atoms. The number of aryl methyl sites for hydroxylation is 4. The molecule has 0 spiro atoms. The van der Waals surface area contributed by atoms with Crippen molar-refractivity contribution in [2.45, 2.75) is 50.4 Å². The van der Waals surface area contributed by atoms with E-state index in [1.165, 1.54) is 28.1 Å². The Labute approximate surface area is 177 Å². The Bertz CT molecular complexity index is 1270. The van der Waals surface area contributed by atoms with Gasteiger partial charge in [-0.3, -0.25) is 13.8 Å². The molecule has 3 heterocycles. The molecule has 0 radical (unpaired) electrons. The molecule has 1 aliphatic carbocycles. The van der Waals surface area contributed by atoms with E-state index in [1.807, 2.05) is 16.8 Å². The summed E-state index contributed by atoms with van der Waals surface area (Å²) < 4.78 is 3.94. The number of imidazole rings is 1. The summed E-state index contributed by atoms with van der Waals surface area (Å²) in [4.78, 5) is 24.3. The number of thiazole rings is 1. The van der Waals surface area contributed by atoms with Crippen molar-refractivity contribution >= 4 is 28.1 Å². The first kappa shape index (κ1) is 18.6. The van der Waals surface area contributed by atoms with Crippen LogP contribution in [0.15, 0.2) is 46.6 Å². The lowest BCUT2D eigenvalue weighted by Crippen LogP contribution is -2.17. The second kappa shape index (κ2) is 7.46. The van der Waals surface area contributed by atoms with Gasteiger partial charge >= 0.3 is 0 Å². The first-order chi connectivity index (χ1) is 14.1. The van der Waals surface area contributed by atoms with Crippen LogP contribution in [-0.2, 0) is 18.6 Å². The third kappa shape index (κ3) is 3.42. The molecule has 5 rings (SSSR count). The molecule has 0 unspecified atom stereocenters. The van der Waals surface area contributed by atoms with Gasteiger partial charge in [-0.2, -0.15) is 0 Å². The molecule has 0 aliphatic heterocycles. The summed E-state index contributed by atoms with van der Waals surface area (Å²) in [7, 11) is 0. The zero-order chi connectivity index (χ0) is 20.0. The van der Waals surface area contributed by atoms with Crippen LogP contribution in [0.4, 0.5) is 0 Å². The van der Waals surface area contributed by atoms with E-state index in [9.17, 15) is 4.79 Å². The van der Waals surface area contributed by atoms with Gasteiger partial charge < -0.3 is 0 Å². The van der Waals surface area contributed by atoms with Crippen molar-refractivity contribution in [1.82, 2.24) is 18.9 Å². The van der Waals surface area contributed by atoms with Crippen LogP contribution in [0.3, 0.4) is 0 Å². The number of aromatic nitrogens is 4. The van der Waals surface area contributed by atoms with Crippen LogP contribution >= 0.6 is 23.1 Å². The van der Waals surface area contributed by atoms with Crippen LogP contribution in [0.25, 0.3) is 10.6 Å². The lowest BCUT2D eigenvalue weighted by Gasteiger charge is -2.11. The Morgan fingerprint density at radius 2 is 2.03 bits per heavy atom. The Morgan fingerprint density at radius 1 is 1.17 bits per heavy atom. The van der Waals surface area contributed by atoms with E-state index in [0.717, 1.165) is 40.8 Å². The summed E-state index contributed by atoms with van der Waals surface area (Å²) >= 11 is 3.29. The van der Waals surface area contributed by atoms with Gasteiger partial charge in [0.05, 0.1) is 11.4 Å². The maximum Gasteiger partial charge on any atom is 0.259 e. The predicted octanol–water partition coefficient (Wildman–Crippen LogP) is 4.73. The number of benzene rings is 1. The summed E-state index contributed by atoms with van der Waals surface area (Å²) in [6, 6.07) is 8.12. The highest BCUT2D eigenvalue weighted by Crippen LogP contribution is 2.29. The number of hydrogen-bond donors (Lipinski definition) is 0. The smallest absolute Gasteiger partial charge is 0.259 e. The van der Waals surface area contributed by atoms with E-state index in [1.54, 1.807) is 29.2 Å². The van der Waals surface area contributed by atoms with Crippen LogP contribution in [0, 0.1) is 13.8 Å². The van der Waals surface area contributed by atoms with Gasteiger partial charge in [-0.05, 0) is 56.7 Å². The van der Waals surface area contributed by atoms with Crippen LogP contribution in [0.2, 0.25) is 0 Å². The van der Waals surface area contributed by atoms with Gasteiger partial charge in [0.2, 0.25) is 0 Å². The van der Waals surface area contributed by atoms with Gasteiger partial charge in [0.1, 0.15) is 0 Å². The standard InChI is InChI=1S/C22H22N4OS2/c1-14-7-8-15(2)18(11-14)25-10-9-23-21(25)28-13-16-12-20(27)26-17-5-3-4-6-19(17)29-22(26)24-16/h7-12H,3-6,13H2,1-2H3. The quantitative estimate of drug-likeness (QED) is 0.446. The fourth-order valence-corrected chi connectivity index (χ4v) is 6.00. The molecule has 1 aliphatic rings. The molecule has 0 fully saturated rings. The zero-order valence-electron chi connectivity index (χ0n) is 16.5. The maximum absolute atomic E-state index is 12.8. The van der Waals surface area contributed by atoms with Crippen LogP contribution in [0.1, 0.15) is 40.2 Å². The maximum atomic E-state index is 12.8. The first-order valence-corrected chi connectivity index (χ1v) is 11.7. The minimum atomic E-state index is 0.0443. The number of nitrogens with zero attached hydrogens (tertiary/aromatic N) is 4. The Kier molecular flexibility index (Phi) is 4.80. The number of fused-ring (bicyclic) bond motifs is 3. The number of rotatable bonds is 4. The molecule has 0 amide bonds. The average Bonchev–Trinajstić information content (AvgIpc) is 3.32. The second-order valence-corrected chi connectivity index (χ2v) is 9.55. The van der Waals surface area contributed by atoms with E-state index in [2.05, 4.69) is 41.6 Å². The van der Waals surface area contributed by atoms with Crippen LogP contribution in [0.5, 0.6) is 0 Å². The van der Waals surface area contributed by atoms with Crippen molar-refractivity contribution in [2.75, 3.05) is 0 Å². The van der Waals surface area contributed by atoms with Crippen molar-refractivity contribution < 1.29 is 0 Å². The SMILES string of the molecule is Cc1ccc(C)c(-n2ccnc2SCc2cc(=O)n3c4c(sc3n2)CCCC4)c1. The van der Waals surface area contributed by atoms with Gasteiger partial charge in [-0.15, -0.1) is 11.3 Å². The lowest BCUT2D eigenvalue weighted by atomic mass is 10.0. The monoisotopic (exact) mass is 422 g/mol.